The van der Waals surface area contributed by atoms with Crippen LogP contribution >= 0.6 is 0 Å². The number of hydrogen-bond donors (Lipinski definition) is 1. The van der Waals surface area contributed by atoms with Gasteiger partial charge in [-0.15, -0.1) is 13.2 Å². The maximum absolute atomic E-state index is 13.5. The van der Waals surface area contributed by atoms with Crippen LogP contribution in [0, 0.1) is 6.92 Å². The highest BCUT2D eigenvalue weighted by Crippen LogP contribution is 2.36. The maximum Gasteiger partial charge on any atom is 0.573 e. The summed E-state index contributed by atoms with van der Waals surface area (Å²) in [6, 6.07) is 6.74. The zero-order valence-electron chi connectivity index (χ0n) is 19.0. The summed E-state index contributed by atoms with van der Waals surface area (Å²) < 4.78 is 81.3. The van der Waals surface area contributed by atoms with Gasteiger partial charge >= 0.3 is 12.5 Å². The molecule has 35 heavy (non-hydrogen) atoms. The molecule has 0 saturated carbocycles. The average molecular weight is 507 g/mol. The van der Waals surface area contributed by atoms with Crippen LogP contribution in [0.2, 0.25) is 0 Å². The predicted octanol–water partition coefficient (Wildman–Crippen LogP) is 5.20. The Balaban J connectivity index is 0.00000648. The number of rotatable bonds is 8. The Morgan fingerprint density at radius 2 is 1.74 bits per heavy atom. The minimum absolute atomic E-state index is 0. The Bertz CT molecular complexity index is 1130. The quantitative estimate of drug-likeness (QED) is 0.303. The van der Waals surface area contributed by atoms with E-state index in [1.807, 2.05) is 0 Å². The number of amides is 1. The standard InChI is InChI=1S/C22H21F6N3O4.H2/c1-12-6-5-7-16(19(31-33-4)20(32)29-3)17(12)11-34-30-13(2)15-9-8-14(35-22(26,27)28)10-18(15)21(23,24)25;/h5-10H,11H2,1-4H3,(H,29,32);1H/b30-13+,31-19+;. The second-order valence-corrected chi connectivity index (χ2v) is 7.01. The van der Waals surface area contributed by atoms with Crippen molar-refractivity contribution in [2.45, 2.75) is 33.0 Å². The van der Waals surface area contributed by atoms with E-state index in [0.717, 1.165) is 12.1 Å². The molecule has 0 spiro atoms. The van der Waals surface area contributed by atoms with Gasteiger partial charge in [-0.25, -0.2) is 0 Å². The number of nitrogens with one attached hydrogen (secondary N) is 1. The molecule has 0 saturated heterocycles. The van der Waals surface area contributed by atoms with Crippen molar-refractivity contribution in [2.75, 3.05) is 14.2 Å². The number of likely N-dealkylation sites (N-methyl/N-ethyl adjacent to an activating group) is 1. The molecule has 0 heterocycles. The number of carbonyl (C=O) groups is 1. The number of ether oxygens (including phenoxy) is 1. The lowest BCUT2D eigenvalue weighted by molar-refractivity contribution is -0.274. The molecule has 2 rings (SSSR count). The fraction of sp³-hybridized carbons (Fsp3) is 0.318. The summed E-state index contributed by atoms with van der Waals surface area (Å²) in [4.78, 5) is 22.2. The summed E-state index contributed by atoms with van der Waals surface area (Å²) in [5.74, 6) is -1.57. The number of oxime groups is 2. The number of aryl methyl sites for hydroxylation is 1. The molecule has 1 amide bonds. The Labute approximate surface area is 197 Å². The molecular formula is C22H23F6N3O4. The van der Waals surface area contributed by atoms with Gasteiger partial charge in [0, 0.05) is 25.2 Å². The molecule has 7 nitrogen and oxygen atoms in total. The largest absolute Gasteiger partial charge is 0.573 e. The van der Waals surface area contributed by atoms with E-state index >= 15 is 0 Å². The number of halogens is 6. The molecular weight excluding hydrogens is 484 g/mol. The number of alkyl halides is 6. The van der Waals surface area contributed by atoms with Gasteiger partial charge in [0.2, 0.25) is 0 Å². The maximum atomic E-state index is 13.5. The lowest BCUT2D eigenvalue weighted by Crippen LogP contribution is -2.29. The zero-order valence-corrected chi connectivity index (χ0v) is 19.0. The Morgan fingerprint density at radius 3 is 2.31 bits per heavy atom. The number of carbonyl (C=O) groups excluding carboxylic acids is 1. The van der Waals surface area contributed by atoms with Crippen molar-refractivity contribution in [3.05, 3.63) is 64.2 Å². The fourth-order valence-electron chi connectivity index (χ4n) is 3.05. The molecule has 0 aliphatic rings. The Hall–Kier alpha value is -3.77. The first-order valence-corrected chi connectivity index (χ1v) is 9.84. The van der Waals surface area contributed by atoms with Gasteiger partial charge in [0.1, 0.15) is 19.5 Å². The van der Waals surface area contributed by atoms with Gasteiger partial charge < -0.3 is 19.7 Å². The van der Waals surface area contributed by atoms with E-state index in [9.17, 15) is 31.1 Å². The Morgan fingerprint density at radius 1 is 1.06 bits per heavy atom. The van der Waals surface area contributed by atoms with Crippen molar-refractivity contribution in [3.8, 4) is 5.75 Å². The summed E-state index contributed by atoms with van der Waals surface area (Å²) in [5.41, 5.74) is -0.690. The molecule has 0 aliphatic carbocycles. The molecule has 1 N–H and O–H groups in total. The summed E-state index contributed by atoms with van der Waals surface area (Å²) in [5, 5.41) is 9.85. The van der Waals surface area contributed by atoms with Crippen LogP contribution in [0.5, 0.6) is 5.75 Å². The second-order valence-electron chi connectivity index (χ2n) is 7.01. The van der Waals surface area contributed by atoms with E-state index < -0.39 is 35.3 Å². The van der Waals surface area contributed by atoms with E-state index in [-0.39, 0.29) is 25.5 Å². The van der Waals surface area contributed by atoms with E-state index in [0.29, 0.717) is 16.7 Å². The van der Waals surface area contributed by atoms with Gasteiger partial charge in [0.05, 0.1) is 11.3 Å². The van der Waals surface area contributed by atoms with E-state index in [1.54, 1.807) is 25.1 Å². The third-order valence-electron chi connectivity index (χ3n) is 4.62. The molecule has 0 radical (unpaired) electrons. The van der Waals surface area contributed by atoms with Crippen LogP contribution in [0.1, 0.15) is 36.2 Å². The summed E-state index contributed by atoms with van der Waals surface area (Å²) in [6.45, 7) is 2.67. The monoisotopic (exact) mass is 507 g/mol. The SMILES string of the molecule is CNC(=O)/C(=N/OC)c1cccc(C)c1CO/N=C(\C)c1ccc(OC(F)(F)F)cc1C(F)(F)F.[HH]. The second kappa shape index (κ2) is 11.1. The van der Waals surface area contributed by atoms with Gasteiger partial charge in [-0.2, -0.15) is 13.2 Å². The molecule has 13 heteroatoms. The number of benzene rings is 2. The van der Waals surface area contributed by atoms with Crippen LogP contribution < -0.4 is 10.1 Å². The van der Waals surface area contributed by atoms with Crippen LogP contribution in [0.25, 0.3) is 0 Å². The first-order valence-electron chi connectivity index (χ1n) is 9.84. The van der Waals surface area contributed by atoms with Gasteiger partial charge in [-0.05, 0) is 37.6 Å². The highest BCUT2D eigenvalue weighted by Gasteiger charge is 2.37. The summed E-state index contributed by atoms with van der Waals surface area (Å²) in [7, 11) is 2.65. The van der Waals surface area contributed by atoms with Crippen molar-refractivity contribution in [3.63, 3.8) is 0 Å². The van der Waals surface area contributed by atoms with Crippen molar-refractivity contribution in [1.82, 2.24) is 5.32 Å². The van der Waals surface area contributed by atoms with Crippen molar-refractivity contribution in [1.29, 1.82) is 0 Å². The topological polar surface area (TPSA) is 81.5 Å². The molecule has 0 aliphatic heterocycles. The lowest BCUT2D eigenvalue weighted by Gasteiger charge is -2.16. The van der Waals surface area contributed by atoms with Gasteiger partial charge in [-0.1, -0.05) is 28.5 Å². The zero-order chi connectivity index (χ0) is 26.4. The van der Waals surface area contributed by atoms with E-state index in [1.165, 1.54) is 21.1 Å². The van der Waals surface area contributed by atoms with E-state index in [2.05, 4.69) is 20.4 Å². The number of hydrogen-bond acceptors (Lipinski definition) is 6. The van der Waals surface area contributed by atoms with Crippen molar-refractivity contribution in [2.24, 2.45) is 10.3 Å². The van der Waals surface area contributed by atoms with Crippen LogP contribution in [-0.2, 0) is 27.3 Å². The first-order chi connectivity index (χ1) is 16.3. The van der Waals surface area contributed by atoms with Crippen molar-refractivity contribution >= 4 is 17.3 Å². The molecule has 0 unspecified atom stereocenters. The molecule has 2 aromatic rings. The molecule has 0 fully saturated rings. The van der Waals surface area contributed by atoms with Crippen LogP contribution in [0.4, 0.5) is 26.3 Å². The highest BCUT2D eigenvalue weighted by atomic mass is 19.4. The molecule has 0 bridgehead atoms. The summed E-state index contributed by atoms with van der Waals surface area (Å²) in [6.07, 6.45) is -10.1. The van der Waals surface area contributed by atoms with E-state index in [4.69, 9.17) is 9.68 Å². The van der Waals surface area contributed by atoms with Gasteiger partial charge in [-0.3, -0.25) is 4.79 Å². The van der Waals surface area contributed by atoms with Crippen LogP contribution in [0.15, 0.2) is 46.7 Å². The van der Waals surface area contributed by atoms with Gasteiger partial charge in [0.15, 0.2) is 5.71 Å². The predicted molar refractivity (Wildman–Crippen MR) is 116 cm³/mol. The number of nitrogens with zero attached hydrogens (tertiary/aromatic N) is 2. The lowest BCUT2D eigenvalue weighted by atomic mass is 9.98. The van der Waals surface area contributed by atoms with Crippen molar-refractivity contribution < 1.29 is 47.0 Å². The minimum Gasteiger partial charge on any atom is -0.406 e. The highest BCUT2D eigenvalue weighted by molar-refractivity contribution is 6.45. The fourth-order valence-corrected chi connectivity index (χ4v) is 3.05. The van der Waals surface area contributed by atoms with Crippen LogP contribution in [-0.4, -0.2) is 37.9 Å². The normalized spacial score (nSPS) is 12.9. The molecule has 2 aromatic carbocycles. The Kier molecular flexibility index (Phi) is 8.72. The third-order valence-corrected chi connectivity index (χ3v) is 4.62. The summed E-state index contributed by atoms with van der Waals surface area (Å²) >= 11 is 0. The smallest absolute Gasteiger partial charge is 0.406 e. The molecule has 192 valence electrons. The average Bonchev–Trinajstić information content (AvgIpc) is 2.76. The third kappa shape index (κ3) is 7.36. The molecule has 0 aromatic heterocycles. The molecule has 0 atom stereocenters. The first kappa shape index (κ1) is 27.5. The van der Waals surface area contributed by atoms with Crippen LogP contribution in [0.3, 0.4) is 0 Å². The van der Waals surface area contributed by atoms with Gasteiger partial charge in [0.25, 0.3) is 5.91 Å². The minimum atomic E-state index is -5.15.